The number of benzene rings is 1. The average Bonchev–Trinajstić information content (AvgIpc) is 3.05. The topological polar surface area (TPSA) is 74.2 Å². The number of anilines is 1. The second-order valence-electron chi connectivity index (χ2n) is 4.69. The lowest BCUT2D eigenvalue weighted by Crippen LogP contribution is -1.97. The van der Waals surface area contributed by atoms with Crippen LogP contribution in [0.3, 0.4) is 0 Å². The van der Waals surface area contributed by atoms with Crippen LogP contribution in [0.25, 0.3) is 11.3 Å². The number of hydrogen-bond donors (Lipinski definition) is 1. The summed E-state index contributed by atoms with van der Waals surface area (Å²) in [4.78, 5) is 4.26. The smallest absolute Gasteiger partial charge is 0.180 e. The standard InChI is InChI=1S/C15H15N3O2S/c1-9-13(10(2)20-18-9)7-19-12-5-3-11(4-6-12)14-8-21-15(16)17-14/h3-6,8H,7H2,1-2H3,(H2,16,17). The number of nitrogens with zero attached hydrogens (tertiary/aromatic N) is 2. The van der Waals surface area contributed by atoms with E-state index in [0.717, 1.165) is 34.0 Å². The van der Waals surface area contributed by atoms with Crippen LogP contribution in [-0.2, 0) is 6.61 Å². The molecule has 0 saturated heterocycles. The van der Waals surface area contributed by atoms with E-state index in [1.54, 1.807) is 0 Å². The lowest BCUT2D eigenvalue weighted by Gasteiger charge is -2.06. The molecule has 3 aromatic rings. The van der Waals surface area contributed by atoms with Gasteiger partial charge in [0.2, 0.25) is 0 Å². The highest BCUT2D eigenvalue weighted by molar-refractivity contribution is 7.13. The number of hydrogen-bond acceptors (Lipinski definition) is 6. The number of rotatable bonds is 4. The van der Waals surface area contributed by atoms with Gasteiger partial charge in [-0.05, 0) is 38.1 Å². The molecule has 6 heteroatoms. The van der Waals surface area contributed by atoms with Crippen molar-refractivity contribution in [2.45, 2.75) is 20.5 Å². The van der Waals surface area contributed by atoms with Gasteiger partial charge in [-0.25, -0.2) is 4.98 Å². The highest BCUT2D eigenvalue weighted by atomic mass is 32.1. The quantitative estimate of drug-likeness (QED) is 0.797. The van der Waals surface area contributed by atoms with Crippen LogP contribution in [0, 0.1) is 13.8 Å². The van der Waals surface area contributed by atoms with Crippen molar-refractivity contribution in [3.05, 3.63) is 46.7 Å². The van der Waals surface area contributed by atoms with Gasteiger partial charge in [0.15, 0.2) is 5.13 Å². The van der Waals surface area contributed by atoms with Gasteiger partial charge in [0.05, 0.1) is 17.0 Å². The first kappa shape index (κ1) is 13.6. The van der Waals surface area contributed by atoms with Crippen LogP contribution in [0.2, 0.25) is 0 Å². The fourth-order valence-electron chi connectivity index (χ4n) is 2.01. The van der Waals surface area contributed by atoms with Crippen molar-refractivity contribution in [3.63, 3.8) is 0 Å². The van der Waals surface area contributed by atoms with Crippen LogP contribution in [0.5, 0.6) is 5.75 Å². The molecule has 2 aromatic heterocycles. The highest BCUT2D eigenvalue weighted by Crippen LogP contribution is 2.25. The fraction of sp³-hybridized carbons (Fsp3) is 0.200. The summed E-state index contributed by atoms with van der Waals surface area (Å²) >= 11 is 1.43. The fourth-order valence-corrected chi connectivity index (χ4v) is 2.58. The first-order valence-corrected chi connectivity index (χ1v) is 7.37. The summed E-state index contributed by atoms with van der Waals surface area (Å²) in [6.07, 6.45) is 0. The van der Waals surface area contributed by atoms with Gasteiger partial charge < -0.3 is 15.0 Å². The summed E-state index contributed by atoms with van der Waals surface area (Å²) < 4.78 is 10.9. The van der Waals surface area contributed by atoms with Crippen molar-refractivity contribution in [3.8, 4) is 17.0 Å². The predicted molar refractivity (Wildman–Crippen MR) is 82.3 cm³/mol. The van der Waals surface area contributed by atoms with Crippen LogP contribution < -0.4 is 10.5 Å². The summed E-state index contributed by atoms with van der Waals surface area (Å²) in [5.74, 6) is 1.59. The Morgan fingerprint density at radius 3 is 2.57 bits per heavy atom. The van der Waals surface area contributed by atoms with E-state index in [1.165, 1.54) is 11.3 Å². The van der Waals surface area contributed by atoms with Gasteiger partial charge in [-0.1, -0.05) is 5.16 Å². The van der Waals surface area contributed by atoms with Gasteiger partial charge in [-0.3, -0.25) is 0 Å². The van der Waals surface area contributed by atoms with E-state index < -0.39 is 0 Å². The first-order chi connectivity index (χ1) is 10.1. The molecule has 0 radical (unpaired) electrons. The zero-order valence-electron chi connectivity index (χ0n) is 11.8. The van der Waals surface area contributed by atoms with Gasteiger partial charge in [0.1, 0.15) is 18.1 Å². The van der Waals surface area contributed by atoms with E-state index in [2.05, 4.69) is 10.1 Å². The summed E-state index contributed by atoms with van der Waals surface area (Å²) in [5, 5.41) is 6.42. The Labute approximate surface area is 126 Å². The monoisotopic (exact) mass is 301 g/mol. The van der Waals surface area contributed by atoms with Crippen LogP contribution >= 0.6 is 11.3 Å². The van der Waals surface area contributed by atoms with Crippen LogP contribution in [0.4, 0.5) is 5.13 Å². The normalized spacial score (nSPS) is 10.8. The Balaban J connectivity index is 1.70. The Bertz CT molecular complexity index is 727. The minimum Gasteiger partial charge on any atom is -0.489 e. The zero-order chi connectivity index (χ0) is 14.8. The molecular formula is C15H15N3O2S. The van der Waals surface area contributed by atoms with E-state index >= 15 is 0 Å². The molecule has 5 nitrogen and oxygen atoms in total. The average molecular weight is 301 g/mol. The van der Waals surface area contributed by atoms with E-state index in [1.807, 2.05) is 43.5 Å². The van der Waals surface area contributed by atoms with E-state index in [9.17, 15) is 0 Å². The lowest BCUT2D eigenvalue weighted by atomic mass is 10.2. The number of ether oxygens (including phenoxy) is 1. The molecule has 21 heavy (non-hydrogen) atoms. The molecular weight excluding hydrogens is 286 g/mol. The van der Waals surface area contributed by atoms with Crippen molar-refractivity contribution >= 4 is 16.5 Å². The number of aromatic nitrogens is 2. The van der Waals surface area contributed by atoms with Gasteiger partial charge in [-0.15, -0.1) is 11.3 Å². The third kappa shape index (κ3) is 2.90. The molecule has 0 aliphatic heterocycles. The van der Waals surface area contributed by atoms with Crippen molar-refractivity contribution in [1.82, 2.24) is 10.1 Å². The number of aryl methyl sites for hydroxylation is 2. The van der Waals surface area contributed by atoms with Crippen molar-refractivity contribution in [2.24, 2.45) is 0 Å². The molecule has 0 aliphatic carbocycles. The second-order valence-corrected chi connectivity index (χ2v) is 5.58. The molecule has 2 N–H and O–H groups in total. The molecule has 0 spiro atoms. The molecule has 1 aromatic carbocycles. The molecule has 108 valence electrons. The summed E-state index contributed by atoms with van der Waals surface area (Å²) in [6.45, 7) is 4.24. The summed E-state index contributed by atoms with van der Waals surface area (Å²) in [7, 11) is 0. The van der Waals surface area contributed by atoms with Crippen LogP contribution in [-0.4, -0.2) is 10.1 Å². The first-order valence-electron chi connectivity index (χ1n) is 6.49. The molecule has 0 bridgehead atoms. The van der Waals surface area contributed by atoms with Gasteiger partial charge in [0, 0.05) is 10.9 Å². The number of thiazole rings is 1. The SMILES string of the molecule is Cc1noc(C)c1COc1ccc(-c2csc(N)n2)cc1. The molecule has 0 saturated carbocycles. The number of nitrogen functional groups attached to an aromatic ring is 1. The van der Waals surface area contributed by atoms with Crippen LogP contribution in [0.1, 0.15) is 17.0 Å². The molecule has 0 amide bonds. The third-order valence-corrected chi connectivity index (χ3v) is 3.91. The van der Waals surface area contributed by atoms with Gasteiger partial charge in [-0.2, -0.15) is 0 Å². The lowest BCUT2D eigenvalue weighted by molar-refractivity contribution is 0.302. The zero-order valence-corrected chi connectivity index (χ0v) is 12.6. The molecule has 0 aliphatic rings. The Morgan fingerprint density at radius 2 is 2.00 bits per heavy atom. The Morgan fingerprint density at radius 1 is 1.24 bits per heavy atom. The van der Waals surface area contributed by atoms with Crippen molar-refractivity contribution < 1.29 is 9.26 Å². The van der Waals surface area contributed by atoms with E-state index in [4.69, 9.17) is 15.0 Å². The highest BCUT2D eigenvalue weighted by Gasteiger charge is 2.09. The Kier molecular flexibility index (Phi) is 3.62. The minimum absolute atomic E-state index is 0.449. The molecule has 0 atom stereocenters. The summed E-state index contributed by atoms with van der Waals surface area (Å²) in [6, 6.07) is 7.78. The van der Waals surface area contributed by atoms with E-state index in [-0.39, 0.29) is 0 Å². The second kappa shape index (κ2) is 5.57. The number of nitrogens with two attached hydrogens (primary N) is 1. The minimum atomic E-state index is 0.449. The predicted octanol–water partition coefficient (Wildman–Crippen LogP) is 3.58. The maximum Gasteiger partial charge on any atom is 0.180 e. The maximum absolute atomic E-state index is 5.77. The molecule has 3 rings (SSSR count). The molecule has 0 fully saturated rings. The molecule has 2 heterocycles. The molecule has 0 unspecified atom stereocenters. The largest absolute Gasteiger partial charge is 0.489 e. The van der Waals surface area contributed by atoms with Gasteiger partial charge in [0.25, 0.3) is 0 Å². The summed E-state index contributed by atoms with van der Waals surface area (Å²) in [5.41, 5.74) is 9.40. The Hall–Kier alpha value is -2.34. The van der Waals surface area contributed by atoms with E-state index in [0.29, 0.717) is 11.7 Å². The van der Waals surface area contributed by atoms with Gasteiger partial charge >= 0.3 is 0 Å². The van der Waals surface area contributed by atoms with Crippen molar-refractivity contribution in [1.29, 1.82) is 0 Å². The maximum atomic E-state index is 5.77. The van der Waals surface area contributed by atoms with Crippen molar-refractivity contribution in [2.75, 3.05) is 5.73 Å². The third-order valence-electron chi connectivity index (χ3n) is 3.24. The van der Waals surface area contributed by atoms with Crippen LogP contribution in [0.15, 0.2) is 34.2 Å².